The second-order valence-corrected chi connectivity index (χ2v) is 7.62. The van der Waals surface area contributed by atoms with Crippen molar-refractivity contribution in [1.82, 2.24) is 0 Å². The highest BCUT2D eigenvalue weighted by Crippen LogP contribution is 2.43. The molecule has 1 fully saturated rings. The molecule has 3 aromatic rings. The summed E-state index contributed by atoms with van der Waals surface area (Å²) < 4.78 is 28.0. The Labute approximate surface area is 185 Å². The summed E-state index contributed by atoms with van der Waals surface area (Å²) in [6.07, 6.45) is 0. The van der Waals surface area contributed by atoms with Crippen molar-refractivity contribution in [2.45, 2.75) is 6.04 Å². The van der Waals surface area contributed by atoms with Crippen molar-refractivity contribution >= 4 is 46.3 Å². The van der Waals surface area contributed by atoms with Gasteiger partial charge in [-0.05, 0) is 35.9 Å². The Hall–Kier alpha value is -3.22. The van der Waals surface area contributed by atoms with Gasteiger partial charge in [0.25, 0.3) is 11.7 Å². The van der Waals surface area contributed by atoms with Crippen LogP contribution in [0.2, 0.25) is 10.0 Å². The molecule has 1 aliphatic heterocycles. The minimum Gasteiger partial charge on any atom is -0.507 e. The third-order valence-electron chi connectivity index (χ3n) is 4.92. The number of nitrogens with zero attached hydrogens (tertiary/aromatic N) is 1. The molecule has 4 rings (SSSR count). The van der Waals surface area contributed by atoms with Crippen molar-refractivity contribution in [1.29, 1.82) is 0 Å². The van der Waals surface area contributed by atoms with Gasteiger partial charge in [-0.3, -0.25) is 14.5 Å². The van der Waals surface area contributed by atoms with Crippen molar-refractivity contribution in [3.63, 3.8) is 0 Å². The summed E-state index contributed by atoms with van der Waals surface area (Å²) in [5, 5.41) is 11.3. The highest BCUT2D eigenvalue weighted by molar-refractivity contribution is 6.51. The van der Waals surface area contributed by atoms with Crippen LogP contribution in [0.25, 0.3) is 5.76 Å². The normalized spacial score (nSPS) is 17.9. The van der Waals surface area contributed by atoms with Crippen LogP contribution in [0.15, 0.2) is 72.3 Å². The molecule has 1 heterocycles. The van der Waals surface area contributed by atoms with Crippen LogP contribution >= 0.6 is 23.2 Å². The van der Waals surface area contributed by atoms with E-state index in [0.29, 0.717) is 11.6 Å². The van der Waals surface area contributed by atoms with Crippen LogP contribution in [-0.2, 0) is 9.59 Å². The van der Waals surface area contributed by atoms with Gasteiger partial charge in [0.1, 0.15) is 17.4 Å². The highest BCUT2D eigenvalue weighted by atomic mass is 35.5. The summed E-state index contributed by atoms with van der Waals surface area (Å²) in [4.78, 5) is 26.8. The lowest BCUT2D eigenvalue weighted by Crippen LogP contribution is -2.30. The monoisotopic (exact) mass is 459 g/mol. The molecule has 1 unspecified atom stereocenters. The summed E-state index contributed by atoms with van der Waals surface area (Å²) in [6, 6.07) is 14.1. The van der Waals surface area contributed by atoms with E-state index in [-0.39, 0.29) is 26.9 Å². The SMILES string of the molecule is O=C1C(=O)N(c2ccc(F)cc2F)C(c2ccccc2)/C1=C(\O)c1ccc(Cl)c(Cl)c1. The van der Waals surface area contributed by atoms with E-state index in [9.17, 15) is 23.5 Å². The van der Waals surface area contributed by atoms with Gasteiger partial charge in [-0.2, -0.15) is 0 Å². The first-order valence-electron chi connectivity index (χ1n) is 9.06. The number of halogens is 4. The van der Waals surface area contributed by atoms with E-state index in [1.165, 1.54) is 18.2 Å². The molecule has 1 N–H and O–H groups in total. The van der Waals surface area contributed by atoms with E-state index in [2.05, 4.69) is 0 Å². The maximum Gasteiger partial charge on any atom is 0.300 e. The number of hydrogen-bond acceptors (Lipinski definition) is 3. The van der Waals surface area contributed by atoms with Crippen LogP contribution < -0.4 is 4.90 Å². The van der Waals surface area contributed by atoms with Crippen LogP contribution in [-0.4, -0.2) is 16.8 Å². The fourth-order valence-electron chi connectivity index (χ4n) is 3.51. The molecule has 0 spiro atoms. The quantitative estimate of drug-likeness (QED) is 0.301. The van der Waals surface area contributed by atoms with Gasteiger partial charge in [0, 0.05) is 11.6 Å². The average molecular weight is 460 g/mol. The molecule has 0 aromatic heterocycles. The minimum absolute atomic E-state index is 0.140. The zero-order valence-corrected chi connectivity index (χ0v) is 17.2. The van der Waals surface area contributed by atoms with Gasteiger partial charge in [0.05, 0.1) is 27.3 Å². The number of hydrogen-bond donors (Lipinski definition) is 1. The lowest BCUT2D eigenvalue weighted by molar-refractivity contribution is -0.132. The molecule has 1 amide bonds. The van der Waals surface area contributed by atoms with E-state index >= 15 is 0 Å². The number of carbonyl (C=O) groups is 2. The topological polar surface area (TPSA) is 57.6 Å². The Kier molecular flexibility index (Phi) is 5.52. The number of ketones is 1. The van der Waals surface area contributed by atoms with Crippen molar-refractivity contribution < 1.29 is 23.5 Å². The number of Topliss-reactive ketones (excluding diaryl/α,β-unsaturated/α-hetero) is 1. The summed E-state index contributed by atoms with van der Waals surface area (Å²) in [5.74, 6) is -4.40. The maximum atomic E-state index is 14.6. The van der Waals surface area contributed by atoms with Crippen LogP contribution in [0.5, 0.6) is 0 Å². The number of anilines is 1. The molecule has 3 aromatic carbocycles. The molecular formula is C23H13Cl2F2NO3. The zero-order chi connectivity index (χ0) is 22.3. The molecule has 31 heavy (non-hydrogen) atoms. The Balaban J connectivity index is 1.97. The number of amides is 1. The van der Waals surface area contributed by atoms with E-state index in [1.807, 2.05) is 0 Å². The lowest BCUT2D eigenvalue weighted by Gasteiger charge is -2.25. The molecule has 1 saturated heterocycles. The van der Waals surface area contributed by atoms with Crippen LogP contribution in [0.4, 0.5) is 14.5 Å². The van der Waals surface area contributed by atoms with Gasteiger partial charge in [0.2, 0.25) is 0 Å². The molecule has 1 atom stereocenters. The molecule has 8 heteroatoms. The smallest absolute Gasteiger partial charge is 0.300 e. The summed E-state index contributed by atoms with van der Waals surface area (Å²) in [5.41, 5.74) is 0.0730. The predicted octanol–water partition coefficient (Wildman–Crippen LogP) is 5.90. The van der Waals surface area contributed by atoms with Crippen LogP contribution in [0, 0.1) is 11.6 Å². The van der Waals surface area contributed by atoms with Gasteiger partial charge >= 0.3 is 0 Å². The standard InChI is InChI=1S/C23H13Cl2F2NO3/c24-15-8-6-13(10-16(15)25)21(29)19-20(12-4-2-1-3-5-12)28(23(31)22(19)30)18-9-7-14(26)11-17(18)27/h1-11,20,29H/b21-19+. The van der Waals surface area contributed by atoms with Gasteiger partial charge in [-0.15, -0.1) is 0 Å². The first-order valence-corrected chi connectivity index (χ1v) is 9.81. The van der Waals surface area contributed by atoms with Crippen LogP contribution in [0.3, 0.4) is 0 Å². The lowest BCUT2D eigenvalue weighted by atomic mass is 9.95. The molecule has 0 saturated carbocycles. The third kappa shape index (κ3) is 3.69. The Bertz CT molecular complexity index is 1240. The number of carbonyl (C=O) groups excluding carboxylic acids is 2. The van der Waals surface area contributed by atoms with E-state index in [1.54, 1.807) is 30.3 Å². The van der Waals surface area contributed by atoms with E-state index < -0.39 is 35.1 Å². The number of benzene rings is 3. The van der Waals surface area contributed by atoms with Gasteiger partial charge in [0.15, 0.2) is 0 Å². The number of aliphatic hydroxyl groups excluding tert-OH is 1. The number of rotatable bonds is 3. The Morgan fingerprint density at radius 2 is 1.61 bits per heavy atom. The summed E-state index contributed by atoms with van der Waals surface area (Å²) in [7, 11) is 0. The second-order valence-electron chi connectivity index (χ2n) is 6.80. The largest absolute Gasteiger partial charge is 0.507 e. The first kappa shape index (κ1) is 21.0. The highest BCUT2D eigenvalue weighted by Gasteiger charge is 2.47. The molecule has 156 valence electrons. The summed E-state index contributed by atoms with van der Waals surface area (Å²) >= 11 is 12.0. The fourth-order valence-corrected chi connectivity index (χ4v) is 3.81. The van der Waals surface area contributed by atoms with Gasteiger partial charge in [-0.25, -0.2) is 8.78 Å². The van der Waals surface area contributed by atoms with Crippen molar-refractivity contribution in [2.75, 3.05) is 4.90 Å². The minimum atomic E-state index is -1.14. The average Bonchev–Trinajstić information content (AvgIpc) is 3.01. The third-order valence-corrected chi connectivity index (χ3v) is 5.66. The Morgan fingerprint density at radius 1 is 0.903 bits per heavy atom. The first-order chi connectivity index (χ1) is 14.8. The molecular weight excluding hydrogens is 447 g/mol. The Morgan fingerprint density at radius 3 is 2.26 bits per heavy atom. The van der Waals surface area contributed by atoms with E-state index in [4.69, 9.17) is 23.2 Å². The molecule has 0 radical (unpaired) electrons. The zero-order valence-electron chi connectivity index (χ0n) is 15.7. The molecule has 1 aliphatic rings. The van der Waals surface area contributed by atoms with Gasteiger partial charge in [-0.1, -0.05) is 53.5 Å². The van der Waals surface area contributed by atoms with Crippen molar-refractivity contribution in [2.24, 2.45) is 0 Å². The summed E-state index contributed by atoms with van der Waals surface area (Å²) in [6.45, 7) is 0. The molecule has 4 nitrogen and oxygen atoms in total. The van der Waals surface area contributed by atoms with Gasteiger partial charge < -0.3 is 5.11 Å². The maximum absolute atomic E-state index is 14.6. The van der Waals surface area contributed by atoms with Crippen molar-refractivity contribution in [3.05, 3.63) is 105 Å². The second kappa shape index (κ2) is 8.13. The molecule has 0 bridgehead atoms. The van der Waals surface area contributed by atoms with Crippen LogP contribution in [0.1, 0.15) is 17.2 Å². The van der Waals surface area contributed by atoms with Crippen molar-refractivity contribution in [3.8, 4) is 0 Å². The number of aliphatic hydroxyl groups is 1. The fraction of sp³-hybridized carbons (Fsp3) is 0.0435. The predicted molar refractivity (Wildman–Crippen MR) is 114 cm³/mol. The van der Waals surface area contributed by atoms with E-state index in [0.717, 1.165) is 17.0 Å². The molecule has 0 aliphatic carbocycles.